The largest absolute Gasteiger partial charge is 0.373 e. The molecule has 1 aliphatic rings. The number of nitrogens with one attached hydrogen (secondary N) is 2. The summed E-state index contributed by atoms with van der Waals surface area (Å²) in [4.78, 5) is 11.2. The van der Waals surface area contributed by atoms with Gasteiger partial charge in [0.15, 0.2) is 0 Å². The van der Waals surface area contributed by atoms with Crippen LogP contribution in [0.25, 0.3) is 0 Å². The van der Waals surface area contributed by atoms with Gasteiger partial charge >= 0.3 is 0 Å². The first-order chi connectivity index (χ1) is 9.30. The minimum absolute atomic E-state index is 0.641. The van der Waals surface area contributed by atoms with Gasteiger partial charge in [-0.3, -0.25) is 4.90 Å². The second-order valence-corrected chi connectivity index (χ2v) is 4.96. The molecular formula is C14H25N5. The maximum atomic E-state index is 4.39. The molecule has 5 heteroatoms. The molecule has 1 unspecified atom stereocenters. The van der Waals surface area contributed by atoms with E-state index in [1.807, 2.05) is 7.05 Å². The summed E-state index contributed by atoms with van der Waals surface area (Å²) in [5.41, 5.74) is 1.17. The molecule has 1 aromatic rings. The van der Waals surface area contributed by atoms with E-state index in [-0.39, 0.29) is 0 Å². The highest BCUT2D eigenvalue weighted by Crippen LogP contribution is 2.22. The van der Waals surface area contributed by atoms with Crippen LogP contribution in [0.4, 0.5) is 11.6 Å². The van der Waals surface area contributed by atoms with E-state index in [0.29, 0.717) is 6.04 Å². The van der Waals surface area contributed by atoms with Gasteiger partial charge in [0.1, 0.15) is 18.0 Å². The summed E-state index contributed by atoms with van der Waals surface area (Å²) in [6, 6.07) is 0.641. The number of hydrogen-bond donors (Lipinski definition) is 2. The molecule has 1 atom stereocenters. The van der Waals surface area contributed by atoms with E-state index < -0.39 is 0 Å². The number of hydrogen-bond acceptors (Lipinski definition) is 5. The molecule has 0 aliphatic carbocycles. The van der Waals surface area contributed by atoms with Crippen LogP contribution < -0.4 is 10.6 Å². The molecule has 19 heavy (non-hydrogen) atoms. The number of anilines is 2. The van der Waals surface area contributed by atoms with Crippen molar-refractivity contribution >= 4 is 11.6 Å². The smallest absolute Gasteiger partial charge is 0.134 e. The zero-order valence-corrected chi connectivity index (χ0v) is 12.2. The zero-order chi connectivity index (χ0) is 13.7. The van der Waals surface area contributed by atoms with Crippen molar-refractivity contribution in [1.29, 1.82) is 0 Å². The Hall–Kier alpha value is -1.36. The molecule has 0 bridgehead atoms. The Morgan fingerprint density at radius 2 is 2.11 bits per heavy atom. The van der Waals surface area contributed by atoms with Crippen LogP contribution in [-0.2, 0) is 6.42 Å². The highest BCUT2D eigenvalue weighted by molar-refractivity contribution is 5.57. The summed E-state index contributed by atoms with van der Waals surface area (Å²) >= 11 is 0. The van der Waals surface area contributed by atoms with Crippen LogP contribution in [0.3, 0.4) is 0 Å². The third-order valence-electron chi connectivity index (χ3n) is 3.95. The summed E-state index contributed by atoms with van der Waals surface area (Å²) in [6.45, 7) is 7.72. The molecule has 1 aromatic heterocycles. The number of rotatable bonds is 6. The van der Waals surface area contributed by atoms with Gasteiger partial charge in [0.25, 0.3) is 0 Å². The zero-order valence-electron chi connectivity index (χ0n) is 12.2. The van der Waals surface area contributed by atoms with Crippen LogP contribution in [0.5, 0.6) is 0 Å². The number of likely N-dealkylation sites (tertiary alicyclic amines) is 1. The number of aromatic nitrogens is 2. The molecule has 0 amide bonds. The molecule has 0 aromatic carbocycles. The van der Waals surface area contributed by atoms with Crippen LogP contribution in [0.1, 0.15) is 32.3 Å². The van der Waals surface area contributed by atoms with Crippen molar-refractivity contribution < 1.29 is 0 Å². The topological polar surface area (TPSA) is 53.1 Å². The monoisotopic (exact) mass is 263 g/mol. The van der Waals surface area contributed by atoms with Gasteiger partial charge < -0.3 is 10.6 Å². The number of likely N-dealkylation sites (N-methyl/N-ethyl adjacent to an activating group) is 1. The van der Waals surface area contributed by atoms with Gasteiger partial charge in [0.2, 0.25) is 0 Å². The standard InChI is InChI=1S/C14H25N5/c1-4-12-13(15-3)17-10-18-14(12)16-9-11-7-6-8-19(11)5-2/h10-11H,4-9H2,1-3H3,(H2,15,16,17,18). The highest BCUT2D eigenvalue weighted by Gasteiger charge is 2.23. The van der Waals surface area contributed by atoms with Gasteiger partial charge in [-0.05, 0) is 32.4 Å². The third-order valence-corrected chi connectivity index (χ3v) is 3.95. The fourth-order valence-electron chi connectivity index (χ4n) is 2.87. The lowest BCUT2D eigenvalue weighted by molar-refractivity contribution is 0.277. The van der Waals surface area contributed by atoms with E-state index in [1.165, 1.54) is 24.9 Å². The lowest BCUT2D eigenvalue weighted by Gasteiger charge is -2.23. The molecule has 5 nitrogen and oxygen atoms in total. The molecule has 0 radical (unpaired) electrons. The first kappa shape index (κ1) is 14.1. The average Bonchev–Trinajstić information content (AvgIpc) is 2.91. The highest BCUT2D eigenvalue weighted by atomic mass is 15.2. The SMILES string of the molecule is CCc1c(NC)ncnc1NCC1CCCN1CC. The molecule has 106 valence electrons. The summed E-state index contributed by atoms with van der Waals surface area (Å²) < 4.78 is 0. The van der Waals surface area contributed by atoms with Gasteiger partial charge in [-0.15, -0.1) is 0 Å². The molecule has 1 saturated heterocycles. The molecule has 0 saturated carbocycles. The summed E-state index contributed by atoms with van der Waals surface area (Å²) in [6.07, 6.45) is 5.15. The van der Waals surface area contributed by atoms with Crippen LogP contribution in [0.15, 0.2) is 6.33 Å². The van der Waals surface area contributed by atoms with Crippen molar-refractivity contribution in [2.75, 3.05) is 37.3 Å². The Morgan fingerprint density at radius 1 is 1.32 bits per heavy atom. The van der Waals surface area contributed by atoms with Crippen molar-refractivity contribution in [1.82, 2.24) is 14.9 Å². The van der Waals surface area contributed by atoms with Crippen LogP contribution >= 0.6 is 0 Å². The Labute approximate surface area is 115 Å². The normalized spacial score (nSPS) is 19.6. The molecule has 0 spiro atoms. The van der Waals surface area contributed by atoms with Gasteiger partial charge in [0, 0.05) is 25.2 Å². The maximum Gasteiger partial charge on any atom is 0.134 e. The summed E-state index contributed by atoms with van der Waals surface area (Å²) in [7, 11) is 1.90. The molecule has 2 heterocycles. The van der Waals surface area contributed by atoms with Crippen molar-refractivity contribution in [3.05, 3.63) is 11.9 Å². The first-order valence-electron chi connectivity index (χ1n) is 7.29. The van der Waals surface area contributed by atoms with Gasteiger partial charge in [-0.2, -0.15) is 0 Å². The summed E-state index contributed by atoms with van der Waals surface area (Å²) in [5, 5.41) is 6.65. The van der Waals surface area contributed by atoms with E-state index in [0.717, 1.165) is 31.1 Å². The fraction of sp³-hybridized carbons (Fsp3) is 0.714. The van der Waals surface area contributed by atoms with E-state index in [4.69, 9.17) is 0 Å². The maximum absolute atomic E-state index is 4.39. The van der Waals surface area contributed by atoms with Gasteiger partial charge in [-0.1, -0.05) is 13.8 Å². The molecular weight excluding hydrogens is 238 g/mol. The molecule has 1 fully saturated rings. The van der Waals surface area contributed by atoms with Crippen LogP contribution in [0, 0.1) is 0 Å². The number of nitrogens with zero attached hydrogens (tertiary/aromatic N) is 3. The molecule has 2 rings (SSSR count). The second kappa shape index (κ2) is 6.70. The predicted molar refractivity (Wildman–Crippen MR) is 79.7 cm³/mol. The predicted octanol–water partition coefficient (Wildman–Crippen LogP) is 1.98. The molecule has 2 N–H and O–H groups in total. The van der Waals surface area contributed by atoms with Crippen LogP contribution in [0.2, 0.25) is 0 Å². The van der Waals surface area contributed by atoms with E-state index in [2.05, 4.69) is 39.3 Å². The quantitative estimate of drug-likeness (QED) is 0.822. The van der Waals surface area contributed by atoms with Crippen LogP contribution in [-0.4, -0.2) is 47.6 Å². The Balaban J connectivity index is 2.03. The molecule has 1 aliphatic heterocycles. The van der Waals surface area contributed by atoms with E-state index in [1.54, 1.807) is 6.33 Å². The van der Waals surface area contributed by atoms with Crippen molar-refractivity contribution in [2.45, 2.75) is 39.2 Å². The third kappa shape index (κ3) is 3.15. The minimum Gasteiger partial charge on any atom is -0.373 e. The lowest BCUT2D eigenvalue weighted by atomic mass is 10.2. The average molecular weight is 263 g/mol. The Morgan fingerprint density at radius 3 is 2.79 bits per heavy atom. The Kier molecular flexibility index (Phi) is 4.96. The van der Waals surface area contributed by atoms with E-state index >= 15 is 0 Å². The van der Waals surface area contributed by atoms with E-state index in [9.17, 15) is 0 Å². The van der Waals surface area contributed by atoms with Crippen molar-refractivity contribution in [2.24, 2.45) is 0 Å². The van der Waals surface area contributed by atoms with Crippen molar-refractivity contribution in [3.8, 4) is 0 Å². The minimum atomic E-state index is 0.641. The fourth-order valence-corrected chi connectivity index (χ4v) is 2.87. The van der Waals surface area contributed by atoms with Crippen molar-refractivity contribution in [3.63, 3.8) is 0 Å². The van der Waals surface area contributed by atoms with Gasteiger partial charge in [-0.25, -0.2) is 9.97 Å². The van der Waals surface area contributed by atoms with Gasteiger partial charge in [0.05, 0.1) is 0 Å². The lowest BCUT2D eigenvalue weighted by Crippen LogP contribution is -2.35. The Bertz CT molecular complexity index is 407. The summed E-state index contributed by atoms with van der Waals surface area (Å²) in [5.74, 6) is 1.91. The first-order valence-corrected chi connectivity index (χ1v) is 7.29. The second-order valence-electron chi connectivity index (χ2n) is 4.96.